The van der Waals surface area contributed by atoms with E-state index in [9.17, 15) is 14.4 Å². The molecule has 1 aromatic carbocycles. The standard InChI is InChI=1S/C12H11NO4.C5H6S/c1-8-3-2-4-9(7-8)12(16)17-13-10(14)5-6-11(13)15;1-5-3-2-4-6-5/h2-4,7H,5-6H2,1H3;2-4H,1H3. The van der Waals surface area contributed by atoms with Crippen molar-refractivity contribution in [3.63, 3.8) is 0 Å². The van der Waals surface area contributed by atoms with Crippen molar-refractivity contribution in [1.82, 2.24) is 5.06 Å². The van der Waals surface area contributed by atoms with Crippen molar-refractivity contribution in [2.75, 3.05) is 0 Å². The fourth-order valence-corrected chi connectivity index (χ4v) is 2.46. The molecule has 0 aliphatic carbocycles. The van der Waals surface area contributed by atoms with E-state index in [0.717, 1.165) is 5.56 Å². The normalized spacial score (nSPS) is 13.6. The van der Waals surface area contributed by atoms with Crippen molar-refractivity contribution in [2.24, 2.45) is 0 Å². The van der Waals surface area contributed by atoms with Crippen LogP contribution in [-0.2, 0) is 14.4 Å². The van der Waals surface area contributed by atoms with Crippen molar-refractivity contribution < 1.29 is 19.2 Å². The van der Waals surface area contributed by atoms with Crippen LogP contribution in [-0.4, -0.2) is 22.8 Å². The number of benzene rings is 1. The molecule has 3 rings (SSSR count). The second kappa shape index (κ2) is 7.69. The average Bonchev–Trinajstić information content (AvgIpc) is 3.12. The first-order valence-electron chi connectivity index (χ1n) is 7.12. The number of carbonyl (C=O) groups is 3. The van der Waals surface area contributed by atoms with Crippen LogP contribution in [0.3, 0.4) is 0 Å². The van der Waals surface area contributed by atoms with E-state index >= 15 is 0 Å². The van der Waals surface area contributed by atoms with E-state index in [4.69, 9.17) is 4.84 Å². The SMILES string of the molecule is Cc1cccc(C(=O)ON2C(=O)CCC2=O)c1.Cc1cccs1. The van der Waals surface area contributed by atoms with Gasteiger partial charge in [-0.3, -0.25) is 9.59 Å². The molecule has 0 spiro atoms. The zero-order valence-electron chi connectivity index (χ0n) is 12.9. The lowest BCUT2D eigenvalue weighted by molar-refractivity contribution is -0.172. The molecule has 1 aromatic heterocycles. The van der Waals surface area contributed by atoms with E-state index in [2.05, 4.69) is 24.4 Å². The Balaban J connectivity index is 0.000000268. The van der Waals surface area contributed by atoms with Gasteiger partial charge in [0.05, 0.1) is 5.56 Å². The number of carbonyl (C=O) groups excluding carboxylic acids is 3. The summed E-state index contributed by atoms with van der Waals surface area (Å²) in [6.07, 6.45) is 0.194. The lowest BCUT2D eigenvalue weighted by atomic mass is 10.1. The summed E-state index contributed by atoms with van der Waals surface area (Å²) in [5.74, 6) is -1.65. The Kier molecular flexibility index (Phi) is 5.65. The van der Waals surface area contributed by atoms with Gasteiger partial charge in [0.1, 0.15) is 0 Å². The molecule has 23 heavy (non-hydrogen) atoms. The predicted molar refractivity (Wildman–Crippen MR) is 86.7 cm³/mol. The largest absolute Gasteiger partial charge is 0.363 e. The highest BCUT2D eigenvalue weighted by Gasteiger charge is 2.33. The molecule has 120 valence electrons. The second-order valence-corrected chi connectivity index (χ2v) is 6.21. The van der Waals surface area contributed by atoms with Crippen molar-refractivity contribution in [3.05, 3.63) is 57.8 Å². The highest BCUT2D eigenvalue weighted by Crippen LogP contribution is 2.14. The Morgan fingerprint density at radius 2 is 1.78 bits per heavy atom. The van der Waals surface area contributed by atoms with Crippen LogP contribution in [0.1, 0.15) is 33.6 Å². The first-order valence-corrected chi connectivity index (χ1v) is 8.00. The minimum Gasteiger partial charge on any atom is -0.325 e. The fraction of sp³-hybridized carbons (Fsp3) is 0.235. The van der Waals surface area contributed by atoms with Gasteiger partial charge in [-0.2, -0.15) is 0 Å². The van der Waals surface area contributed by atoms with Gasteiger partial charge in [0.2, 0.25) is 0 Å². The van der Waals surface area contributed by atoms with Crippen molar-refractivity contribution in [1.29, 1.82) is 0 Å². The number of nitrogens with zero attached hydrogens (tertiary/aromatic N) is 1. The van der Waals surface area contributed by atoms with E-state index in [-0.39, 0.29) is 12.8 Å². The van der Waals surface area contributed by atoms with Gasteiger partial charge in [0.15, 0.2) is 0 Å². The molecule has 2 heterocycles. The molecule has 1 saturated heterocycles. The maximum Gasteiger partial charge on any atom is 0.363 e. The van der Waals surface area contributed by atoms with E-state index < -0.39 is 17.8 Å². The van der Waals surface area contributed by atoms with Crippen LogP contribution in [0.2, 0.25) is 0 Å². The summed E-state index contributed by atoms with van der Waals surface area (Å²) in [6.45, 7) is 3.94. The molecule has 0 bridgehead atoms. The van der Waals surface area contributed by atoms with E-state index in [0.29, 0.717) is 10.6 Å². The molecule has 2 aromatic rings. The molecule has 0 unspecified atom stereocenters. The lowest BCUT2D eigenvalue weighted by Crippen LogP contribution is -2.32. The molecule has 0 atom stereocenters. The third kappa shape index (κ3) is 4.75. The van der Waals surface area contributed by atoms with Gasteiger partial charge in [-0.1, -0.05) is 23.8 Å². The van der Waals surface area contributed by atoms with Gasteiger partial charge in [-0.05, 0) is 37.4 Å². The number of thiophene rings is 1. The molecule has 1 fully saturated rings. The number of hydrogen-bond donors (Lipinski definition) is 0. The summed E-state index contributed by atoms with van der Waals surface area (Å²) in [6, 6.07) is 10.9. The number of amides is 2. The molecule has 1 aliphatic rings. The summed E-state index contributed by atoms with van der Waals surface area (Å²) < 4.78 is 0. The lowest BCUT2D eigenvalue weighted by Gasteiger charge is -2.12. The average molecular weight is 331 g/mol. The summed E-state index contributed by atoms with van der Waals surface area (Å²) in [5.41, 5.74) is 1.22. The number of hydroxylamine groups is 2. The van der Waals surface area contributed by atoms with Crippen LogP contribution in [0.25, 0.3) is 0 Å². The van der Waals surface area contributed by atoms with Gasteiger partial charge in [0.25, 0.3) is 11.8 Å². The number of aryl methyl sites for hydroxylation is 2. The zero-order chi connectivity index (χ0) is 16.8. The topological polar surface area (TPSA) is 63.7 Å². The fourth-order valence-electron chi connectivity index (χ4n) is 1.93. The highest BCUT2D eigenvalue weighted by molar-refractivity contribution is 7.09. The van der Waals surface area contributed by atoms with Crippen molar-refractivity contribution in [2.45, 2.75) is 26.7 Å². The van der Waals surface area contributed by atoms with Gasteiger partial charge >= 0.3 is 5.97 Å². The summed E-state index contributed by atoms with van der Waals surface area (Å²) >= 11 is 1.78. The Hall–Kier alpha value is -2.47. The minimum atomic E-state index is -0.697. The molecule has 0 saturated carbocycles. The van der Waals surface area contributed by atoms with Crippen molar-refractivity contribution >= 4 is 29.1 Å². The smallest absolute Gasteiger partial charge is 0.325 e. The molecule has 5 nitrogen and oxygen atoms in total. The predicted octanol–water partition coefficient (Wildman–Crippen LogP) is 3.27. The van der Waals surface area contributed by atoms with E-state index in [1.165, 1.54) is 4.88 Å². The van der Waals surface area contributed by atoms with Gasteiger partial charge in [-0.25, -0.2) is 4.79 Å². The summed E-state index contributed by atoms with van der Waals surface area (Å²) in [4.78, 5) is 40.3. The van der Waals surface area contributed by atoms with Crippen LogP contribution in [0.5, 0.6) is 0 Å². The Labute approximate surface area is 138 Å². The quantitative estimate of drug-likeness (QED) is 0.792. The summed E-state index contributed by atoms with van der Waals surface area (Å²) in [5, 5.41) is 2.62. The monoisotopic (exact) mass is 331 g/mol. The first-order chi connectivity index (χ1) is 11.0. The number of hydrogen-bond acceptors (Lipinski definition) is 5. The molecule has 2 amide bonds. The summed E-state index contributed by atoms with van der Waals surface area (Å²) in [7, 11) is 0. The zero-order valence-corrected chi connectivity index (χ0v) is 13.8. The first kappa shape index (κ1) is 16.9. The molecule has 1 aliphatic heterocycles. The van der Waals surface area contributed by atoms with Gasteiger partial charge in [-0.15, -0.1) is 16.4 Å². The van der Waals surface area contributed by atoms with Crippen LogP contribution in [0, 0.1) is 13.8 Å². The molecule has 0 N–H and O–H groups in total. The van der Waals surface area contributed by atoms with Crippen molar-refractivity contribution in [3.8, 4) is 0 Å². The van der Waals surface area contributed by atoms with Crippen LogP contribution in [0.15, 0.2) is 41.8 Å². The molecule has 0 radical (unpaired) electrons. The number of imide groups is 1. The minimum absolute atomic E-state index is 0.0972. The number of rotatable bonds is 2. The Morgan fingerprint density at radius 1 is 1.09 bits per heavy atom. The second-order valence-electron chi connectivity index (χ2n) is 5.05. The highest BCUT2D eigenvalue weighted by atomic mass is 32.1. The Bertz CT molecular complexity index is 693. The van der Waals surface area contributed by atoms with Crippen LogP contribution < -0.4 is 0 Å². The van der Waals surface area contributed by atoms with E-state index in [1.54, 1.807) is 29.5 Å². The third-order valence-electron chi connectivity index (χ3n) is 3.10. The molecule has 6 heteroatoms. The Morgan fingerprint density at radius 3 is 2.26 bits per heavy atom. The third-order valence-corrected chi connectivity index (χ3v) is 3.90. The maximum atomic E-state index is 11.7. The maximum absolute atomic E-state index is 11.7. The van der Waals surface area contributed by atoms with Crippen LogP contribution in [0.4, 0.5) is 0 Å². The van der Waals surface area contributed by atoms with Gasteiger partial charge < -0.3 is 4.84 Å². The van der Waals surface area contributed by atoms with Gasteiger partial charge in [0, 0.05) is 17.7 Å². The van der Waals surface area contributed by atoms with Crippen LogP contribution >= 0.6 is 11.3 Å². The van der Waals surface area contributed by atoms with E-state index in [1.807, 2.05) is 13.0 Å². The molecular formula is C17H17NO4S. The molecular weight excluding hydrogens is 314 g/mol.